The predicted molar refractivity (Wildman–Crippen MR) is 94.4 cm³/mol. The maximum Gasteiger partial charge on any atom is 0.224 e. The molecule has 2 aromatic rings. The third kappa shape index (κ3) is 3.14. The van der Waals surface area contributed by atoms with E-state index in [-0.39, 0.29) is 17.7 Å². The van der Waals surface area contributed by atoms with E-state index in [4.69, 9.17) is 4.74 Å². The lowest BCUT2D eigenvalue weighted by Gasteiger charge is -2.16. The number of ether oxygens (including phenoxy) is 1. The standard InChI is InChI=1S/C19H24N4O2/c1-20-19(24)17-12-23(11-16(17)15-8-21-22(2)10-15)9-13-3-4-18-14(7-13)5-6-25-18/h3-4,7-8,10,16-17H,5-6,9,11-12H2,1-2H3,(H,20,24)/t16-,17+/m1/s1. The smallest absolute Gasteiger partial charge is 0.224 e. The molecule has 2 atom stereocenters. The van der Waals surface area contributed by atoms with Crippen molar-refractivity contribution in [2.24, 2.45) is 13.0 Å². The van der Waals surface area contributed by atoms with Gasteiger partial charge in [-0.05, 0) is 22.8 Å². The molecule has 0 bridgehead atoms. The number of carbonyl (C=O) groups is 1. The second-order valence-corrected chi connectivity index (χ2v) is 7.01. The highest BCUT2D eigenvalue weighted by Gasteiger charge is 2.38. The monoisotopic (exact) mass is 340 g/mol. The number of nitrogens with zero attached hydrogens (tertiary/aromatic N) is 3. The number of hydrogen-bond donors (Lipinski definition) is 1. The Morgan fingerprint density at radius 1 is 1.40 bits per heavy atom. The minimum absolute atomic E-state index is 0.0352. The van der Waals surface area contributed by atoms with E-state index in [0.717, 1.165) is 44.0 Å². The van der Waals surface area contributed by atoms with Crippen LogP contribution in [0.15, 0.2) is 30.6 Å². The van der Waals surface area contributed by atoms with Crippen molar-refractivity contribution in [2.75, 3.05) is 26.7 Å². The molecule has 4 rings (SSSR count). The Bertz CT molecular complexity index is 785. The molecule has 6 nitrogen and oxygen atoms in total. The number of aromatic nitrogens is 2. The number of likely N-dealkylation sites (tertiary alicyclic amines) is 1. The van der Waals surface area contributed by atoms with Crippen molar-refractivity contribution in [1.82, 2.24) is 20.0 Å². The summed E-state index contributed by atoms with van der Waals surface area (Å²) >= 11 is 0. The van der Waals surface area contributed by atoms with E-state index >= 15 is 0 Å². The van der Waals surface area contributed by atoms with Gasteiger partial charge in [0.15, 0.2) is 0 Å². The van der Waals surface area contributed by atoms with Crippen molar-refractivity contribution >= 4 is 5.91 Å². The zero-order chi connectivity index (χ0) is 17.4. The molecule has 2 aliphatic rings. The molecule has 6 heteroatoms. The normalized spacial score (nSPS) is 22.6. The molecule has 0 saturated carbocycles. The molecule has 1 aromatic heterocycles. The van der Waals surface area contributed by atoms with E-state index in [2.05, 4.69) is 33.5 Å². The number of rotatable bonds is 4. The average Bonchev–Trinajstić information content (AvgIpc) is 3.33. The van der Waals surface area contributed by atoms with E-state index in [0.29, 0.717) is 0 Å². The molecule has 3 heterocycles. The van der Waals surface area contributed by atoms with Gasteiger partial charge < -0.3 is 10.1 Å². The van der Waals surface area contributed by atoms with Gasteiger partial charge in [0.2, 0.25) is 5.91 Å². The molecule has 1 amide bonds. The van der Waals surface area contributed by atoms with Crippen LogP contribution in [0.1, 0.15) is 22.6 Å². The summed E-state index contributed by atoms with van der Waals surface area (Å²) in [7, 11) is 3.63. The van der Waals surface area contributed by atoms with E-state index in [1.165, 1.54) is 11.1 Å². The Hall–Kier alpha value is -2.34. The molecule has 0 spiro atoms. The third-order valence-electron chi connectivity index (χ3n) is 5.29. The molecule has 1 fully saturated rings. The number of hydrogen-bond acceptors (Lipinski definition) is 4. The van der Waals surface area contributed by atoms with Crippen LogP contribution in [-0.4, -0.2) is 47.3 Å². The number of nitrogens with one attached hydrogen (secondary N) is 1. The summed E-state index contributed by atoms with van der Waals surface area (Å²) in [5.74, 6) is 1.28. The first-order valence-electron chi connectivity index (χ1n) is 8.81. The quantitative estimate of drug-likeness (QED) is 0.912. The van der Waals surface area contributed by atoms with Crippen LogP contribution in [0.5, 0.6) is 5.75 Å². The zero-order valence-corrected chi connectivity index (χ0v) is 14.7. The number of fused-ring (bicyclic) bond motifs is 1. The van der Waals surface area contributed by atoms with Gasteiger partial charge in [-0.2, -0.15) is 5.10 Å². The zero-order valence-electron chi connectivity index (χ0n) is 14.7. The fraction of sp³-hybridized carbons (Fsp3) is 0.474. The van der Waals surface area contributed by atoms with Crippen LogP contribution in [-0.2, 0) is 24.8 Å². The number of amides is 1. The molecule has 0 unspecified atom stereocenters. The van der Waals surface area contributed by atoms with Gasteiger partial charge in [0.1, 0.15) is 5.75 Å². The number of carbonyl (C=O) groups excluding carboxylic acids is 1. The van der Waals surface area contributed by atoms with Crippen molar-refractivity contribution < 1.29 is 9.53 Å². The molecule has 1 aromatic carbocycles. The van der Waals surface area contributed by atoms with E-state index in [9.17, 15) is 4.79 Å². The van der Waals surface area contributed by atoms with Crippen molar-refractivity contribution in [3.05, 3.63) is 47.3 Å². The van der Waals surface area contributed by atoms with E-state index < -0.39 is 0 Å². The topological polar surface area (TPSA) is 59.4 Å². The Morgan fingerprint density at radius 3 is 3.04 bits per heavy atom. The highest BCUT2D eigenvalue weighted by molar-refractivity contribution is 5.80. The van der Waals surface area contributed by atoms with Gasteiger partial charge in [0.05, 0.1) is 18.7 Å². The van der Waals surface area contributed by atoms with Crippen LogP contribution in [0, 0.1) is 5.92 Å². The molecule has 0 aliphatic carbocycles. The third-order valence-corrected chi connectivity index (χ3v) is 5.29. The summed E-state index contributed by atoms with van der Waals surface area (Å²) in [4.78, 5) is 14.7. The molecule has 132 valence electrons. The highest BCUT2D eigenvalue weighted by atomic mass is 16.5. The maximum absolute atomic E-state index is 12.4. The van der Waals surface area contributed by atoms with Gasteiger partial charge in [0, 0.05) is 52.3 Å². The molecule has 25 heavy (non-hydrogen) atoms. The fourth-order valence-corrected chi connectivity index (χ4v) is 4.03. The van der Waals surface area contributed by atoms with Crippen molar-refractivity contribution in [3.63, 3.8) is 0 Å². The van der Waals surface area contributed by atoms with Crippen molar-refractivity contribution in [2.45, 2.75) is 18.9 Å². The number of benzene rings is 1. The second-order valence-electron chi connectivity index (χ2n) is 7.01. The largest absolute Gasteiger partial charge is 0.493 e. The first-order valence-corrected chi connectivity index (χ1v) is 8.81. The summed E-state index contributed by atoms with van der Waals surface area (Å²) in [6, 6.07) is 6.45. The molecule has 2 aliphatic heterocycles. The SMILES string of the molecule is CNC(=O)[C@H]1CN(Cc2ccc3c(c2)CCO3)C[C@@H]1c1cnn(C)c1. The highest BCUT2D eigenvalue weighted by Crippen LogP contribution is 2.34. The summed E-state index contributed by atoms with van der Waals surface area (Å²) in [6.07, 6.45) is 4.90. The van der Waals surface area contributed by atoms with Crippen LogP contribution in [0.2, 0.25) is 0 Å². The van der Waals surface area contributed by atoms with Gasteiger partial charge in [-0.15, -0.1) is 0 Å². The molecular weight excluding hydrogens is 316 g/mol. The Kier molecular flexibility index (Phi) is 4.21. The molecular formula is C19H24N4O2. The Morgan fingerprint density at radius 2 is 2.28 bits per heavy atom. The molecule has 1 saturated heterocycles. The number of aryl methyl sites for hydroxylation is 1. The fourth-order valence-electron chi connectivity index (χ4n) is 4.03. The van der Waals surface area contributed by atoms with E-state index in [1.54, 1.807) is 11.7 Å². The maximum atomic E-state index is 12.4. The van der Waals surface area contributed by atoms with Crippen molar-refractivity contribution in [1.29, 1.82) is 0 Å². The molecule has 1 N–H and O–H groups in total. The summed E-state index contributed by atoms with van der Waals surface area (Å²) in [5.41, 5.74) is 3.72. The predicted octanol–water partition coefficient (Wildman–Crippen LogP) is 1.32. The lowest BCUT2D eigenvalue weighted by molar-refractivity contribution is -0.124. The first-order chi connectivity index (χ1) is 12.1. The second kappa shape index (κ2) is 6.52. The van der Waals surface area contributed by atoms with Gasteiger partial charge >= 0.3 is 0 Å². The van der Waals surface area contributed by atoms with Crippen LogP contribution in [0.25, 0.3) is 0 Å². The molecule has 0 radical (unpaired) electrons. The van der Waals surface area contributed by atoms with Crippen molar-refractivity contribution in [3.8, 4) is 5.75 Å². The van der Waals surface area contributed by atoms with Gasteiger partial charge in [-0.3, -0.25) is 14.4 Å². The Balaban J connectivity index is 1.52. The summed E-state index contributed by atoms with van der Waals surface area (Å²) < 4.78 is 7.39. The summed E-state index contributed by atoms with van der Waals surface area (Å²) in [6.45, 7) is 3.28. The van der Waals surface area contributed by atoms with Crippen LogP contribution in [0.3, 0.4) is 0 Å². The van der Waals surface area contributed by atoms with Gasteiger partial charge in [0.25, 0.3) is 0 Å². The van der Waals surface area contributed by atoms with Gasteiger partial charge in [-0.1, -0.05) is 12.1 Å². The van der Waals surface area contributed by atoms with Gasteiger partial charge in [-0.25, -0.2) is 0 Å². The minimum Gasteiger partial charge on any atom is -0.493 e. The lowest BCUT2D eigenvalue weighted by atomic mass is 9.90. The summed E-state index contributed by atoms with van der Waals surface area (Å²) in [5, 5.41) is 7.10. The van der Waals surface area contributed by atoms with Crippen LogP contribution < -0.4 is 10.1 Å². The van der Waals surface area contributed by atoms with E-state index in [1.807, 2.05) is 19.4 Å². The van der Waals surface area contributed by atoms with Crippen LogP contribution in [0.4, 0.5) is 0 Å². The first kappa shape index (κ1) is 16.1. The average molecular weight is 340 g/mol. The van der Waals surface area contributed by atoms with Crippen LogP contribution >= 0.6 is 0 Å². The lowest BCUT2D eigenvalue weighted by Crippen LogP contribution is -2.32. The Labute approximate surface area is 147 Å². The minimum atomic E-state index is -0.0352.